The molecular weight excluding hydrogens is 247 g/mol. The van der Waals surface area contributed by atoms with E-state index in [2.05, 4.69) is 0 Å². The molecule has 0 amide bonds. The molecule has 0 saturated carbocycles. The number of hydrogen-bond donors (Lipinski definition) is 0. The van der Waals surface area contributed by atoms with E-state index in [0.29, 0.717) is 11.5 Å². The molecule has 4 heteroatoms. The molecule has 2 rings (SSSR count). The van der Waals surface area contributed by atoms with Gasteiger partial charge in [0.25, 0.3) is 0 Å². The predicted octanol–water partition coefficient (Wildman–Crippen LogP) is 3.83. The van der Waals surface area contributed by atoms with Crippen LogP contribution in [0.25, 0.3) is 0 Å². The van der Waals surface area contributed by atoms with E-state index in [-0.39, 0.29) is 17.1 Å². The molecule has 0 fully saturated rings. The minimum atomic E-state index is -0.585. The van der Waals surface area contributed by atoms with Crippen molar-refractivity contribution in [1.82, 2.24) is 0 Å². The minimum Gasteiger partial charge on any atom is -0.493 e. The van der Waals surface area contributed by atoms with E-state index >= 15 is 0 Å². The second-order valence-electron chi connectivity index (χ2n) is 3.93. The van der Waals surface area contributed by atoms with Crippen molar-refractivity contribution in [2.75, 3.05) is 7.11 Å². The van der Waals surface area contributed by atoms with Crippen LogP contribution in [0.15, 0.2) is 42.5 Å². The summed E-state index contributed by atoms with van der Waals surface area (Å²) in [5.74, 6) is -0.0969. The fourth-order valence-corrected chi connectivity index (χ4v) is 1.70. The Morgan fingerprint density at radius 2 is 1.74 bits per heavy atom. The minimum absolute atomic E-state index is 0.0838. The molecule has 0 heterocycles. The number of rotatable bonds is 4. The molecular formula is C15H13FO3. The van der Waals surface area contributed by atoms with Gasteiger partial charge in [0, 0.05) is 0 Å². The zero-order valence-electron chi connectivity index (χ0n) is 10.6. The Hall–Kier alpha value is -2.36. The molecule has 0 saturated heterocycles. The lowest BCUT2D eigenvalue weighted by molar-refractivity contribution is 0.101. The number of ketones is 1. The molecule has 2 aromatic rings. The third kappa shape index (κ3) is 2.73. The molecule has 0 N–H and O–H groups in total. The smallest absolute Gasteiger partial charge is 0.174 e. The quantitative estimate of drug-likeness (QED) is 0.784. The third-order valence-electron chi connectivity index (χ3n) is 2.63. The Kier molecular flexibility index (Phi) is 3.80. The fourth-order valence-electron chi connectivity index (χ4n) is 1.70. The first-order chi connectivity index (χ1) is 9.13. The first kappa shape index (κ1) is 13.1. The predicted molar refractivity (Wildman–Crippen MR) is 69.5 cm³/mol. The van der Waals surface area contributed by atoms with Crippen LogP contribution >= 0.6 is 0 Å². The van der Waals surface area contributed by atoms with Crippen LogP contribution in [0.1, 0.15) is 17.3 Å². The van der Waals surface area contributed by atoms with Crippen LogP contribution in [0.5, 0.6) is 17.2 Å². The molecule has 0 unspecified atom stereocenters. The van der Waals surface area contributed by atoms with Crippen LogP contribution in [0.2, 0.25) is 0 Å². The van der Waals surface area contributed by atoms with E-state index in [1.807, 2.05) is 0 Å². The summed E-state index contributed by atoms with van der Waals surface area (Å²) in [7, 11) is 1.50. The maximum atomic E-state index is 13.8. The third-order valence-corrected chi connectivity index (χ3v) is 2.63. The van der Waals surface area contributed by atoms with Gasteiger partial charge < -0.3 is 9.47 Å². The standard InChI is InChI=1S/C15H13FO3/c1-10(17)11-6-5-7-12(16)15(11)19-14-9-4-3-8-13(14)18-2/h3-9H,1-2H3. The zero-order valence-corrected chi connectivity index (χ0v) is 10.6. The van der Waals surface area contributed by atoms with E-state index < -0.39 is 5.82 Å². The van der Waals surface area contributed by atoms with Gasteiger partial charge in [0.05, 0.1) is 12.7 Å². The number of carbonyl (C=O) groups is 1. The molecule has 98 valence electrons. The van der Waals surface area contributed by atoms with Gasteiger partial charge in [-0.3, -0.25) is 4.79 Å². The fraction of sp³-hybridized carbons (Fsp3) is 0.133. The molecule has 2 aromatic carbocycles. The Labute approximate surface area is 110 Å². The van der Waals surface area contributed by atoms with Gasteiger partial charge in [-0.05, 0) is 31.2 Å². The highest BCUT2D eigenvalue weighted by atomic mass is 19.1. The Balaban J connectivity index is 2.46. The van der Waals surface area contributed by atoms with Crippen molar-refractivity contribution < 1.29 is 18.7 Å². The van der Waals surface area contributed by atoms with E-state index in [1.165, 1.54) is 32.2 Å². The summed E-state index contributed by atoms with van der Waals surface area (Å²) in [5.41, 5.74) is 0.200. The summed E-state index contributed by atoms with van der Waals surface area (Å²) in [5, 5.41) is 0. The van der Waals surface area contributed by atoms with Crippen molar-refractivity contribution in [1.29, 1.82) is 0 Å². The highest BCUT2D eigenvalue weighted by Crippen LogP contribution is 2.34. The number of Topliss-reactive ketones (excluding diaryl/α,β-unsaturated/α-hetero) is 1. The number of ether oxygens (including phenoxy) is 2. The number of halogens is 1. The number of benzene rings is 2. The van der Waals surface area contributed by atoms with Gasteiger partial charge in [0.2, 0.25) is 0 Å². The normalized spacial score (nSPS) is 10.1. The summed E-state index contributed by atoms with van der Waals surface area (Å²) >= 11 is 0. The van der Waals surface area contributed by atoms with Crippen molar-refractivity contribution in [2.24, 2.45) is 0 Å². The molecule has 0 aliphatic rings. The lowest BCUT2D eigenvalue weighted by Gasteiger charge is -2.12. The summed E-state index contributed by atoms with van der Waals surface area (Å²) < 4.78 is 24.4. The van der Waals surface area contributed by atoms with Crippen LogP contribution in [-0.2, 0) is 0 Å². The van der Waals surface area contributed by atoms with Crippen molar-refractivity contribution in [2.45, 2.75) is 6.92 Å². The molecule has 0 radical (unpaired) electrons. The second-order valence-corrected chi connectivity index (χ2v) is 3.93. The van der Waals surface area contributed by atoms with Crippen LogP contribution in [0, 0.1) is 5.82 Å². The highest BCUT2D eigenvalue weighted by Gasteiger charge is 2.15. The number of carbonyl (C=O) groups excluding carboxylic acids is 1. The molecule has 0 atom stereocenters. The van der Waals surface area contributed by atoms with Crippen LogP contribution in [0.3, 0.4) is 0 Å². The maximum Gasteiger partial charge on any atom is 0.174 e. The van der Waals surface area contributed by atoms with Gasteiger partial charge in [-0.15, -0.1) is 0 Å². The molecule has 0 aliphatic heterocycles. The summed E-state index contributed by atoms with van der Waals surface area (Å²) in [6.07, 6.45) is 0. The number of methoxy groups -OCH3 is 1. The van der Waals surface area contributed by atoms with E-state index in [9.17, 15) is 9.18 Å². The highest BCUT2D eigenvalue weighted by molar-refractivity contribution is 5.97. The Morgan fingerprint density at radius 1 is 1.05 bits per heavy atom. The SMILES string of the molecule is COc1ccccc1Oc1c(F)cccc1C(C)=O. The van der Waals surface area contributed by atoms with E-state index in [1.54, 1.807) is 24.3 Å². The largest absolute Gasteiger partial charge is 0.493 e. The summed E-state index contributed by atoms with van der Waals surface area (Å²) in [4.78, 5) is 11.5. The van der Waals surface area contributed by atoms with Gasteiger partial charge in [0.1, 0.15) is 0 Å². The molecule has 0 aromatic heterocycles. The average Bonchev–Trinajstić information content (AvgIpc) is 2.41. The summed E-state index contributed by atoms with van der Waals surface area (Å²) in [6.45, 7) is 1.36. The lowest BCUT2D eigenvalue weighted by atomic mass is 10.1. The van der Waals surface area contributed by atoms with Gasteiger partial charge in [0.15, 0.2) is 28.8 Å². The molecule has 0 spiro atoms. The van der Waals surface area contributed by atoms with Gasteiger partial charge in [-0.2, -0.15) is 0 Å². The van der Waals surface area contributed by atoms with Crippen LogP contribution < -0.4 is 9.47 Å². The zero-order chi connectivity index (χ0) is 13.8. The number of hydrogen-bond acceptors (Lipinski definition) is 3. The van der Waals surface area contributed by atoms with Crippen molar-refractivity contribution in [3.8, 4) is 17.2 Å². The van der Waals surface area contributed by atoms with Crippen molar-refractivity contribution >= 4 is 5.78 Å². The summed E-state index contributed by atoms with van der Waals surface area (Å²) in [6, 6.07) is 11.1. The Morgan fingerprint density at radius 3 is 2.37 bits per heavy atom. The maximum absolute atomic E-state index is 13.8. The van der Waals surface area contributed by atoms with Crippen molar-refractivity contribution in [3.05, 3.63) is 53.8 Å². The van der Waals surface area contributed by atoms with E-state index in [4.69, 9.17) is 9.47 Å². The number of para-hydroxylation sites is 3. The van der Waals surface area contributed by atoms with E-state index in [0.717, 1.165) is 0 Å². The molecule has 19 heavy (non-hydrogen) atoms. The topological polar surface area (TPSA) is 35.5 Å². The van der Waals surface area contributed by atoms with Gasteiger partial charge >= 0.3 is 0 Å². The molecule has 3 nitrogen and oxygen atoms in total. The monoisotopic (exact) mass is 260 g/mol. The second kappa shape index (κ2) is 5.52. The van der Waals surface area contributed by atoms with Crippen LogP contribution in [-0.4, -0.2) is 12.9 Å². The molecule has 0 bridgehead atoms. The van der Waals surface area contributed by atoms with Gasteiger partial charge in [-0.25, -0.2) is 4.39 Å². The first-order valence-corrected chi connectivity index (χ1v) is 5.74. The first-order valence-electron chi connectivity index (χ1n) is 5.74. The van der Waals surface area contributed by atoms with Crippen LogP contribution in [0.4, 0.5) is 4.39 Å². The Bertz CT molecular complexity index is 608. The van der Waals surface area contributed by atoms with Gasteiger partial charge in [-0.1, -0.05) is 18.2 Å². The molecule has 0 aliphatic carbocycles. The lowest BCUT2D eigenvalue weighted by Crippen LogP contribution is -2.00. The average molecular weight is 260 g/mol. The van der Waals surface area contributed by atoms with Crippen molar-refractivity contribution in [3.63, 3.8) is 0 Å².